The number of nitrogens with zero attached hydrogens (tertiary/aromatic N) is 2. The third-order valence-corrected chi connectivity index (χ3v) is 3.13. The molecule has 20 heavy (non-hydrogen) atoms. The normalized spacial score (nSPS) is 10.2. The molecule has 0 unspecified atom stereocenters. The van der Waals surface area contributed by atoms with E-state index in [0.29, 0.717) is 17.1 Å². The molecule has 96 valence electrons. The number of rotatable bonds is 2. The molecule has 0 saturated carbocycles. The molecule has 3 nitrogen and oxygen atoms in total. The van der Waals surface area contributed by atoms with Crippen molar-refractivity contribution in [2.75, 3.05) is 0 Å². The van der Waals surface area contributed by atoms with Crippen molar-refractivity contribution in [1.29, 1.82) is 5.26 Å². The second-order valence-corrected chi connectivity index (χ2v) is 4.52. The van der Waals surface area contributed by atoms with Crippen molar-refractivity contribution in [3.05, 3.63) is 65.9 Å². The molecule has 2 aromatic carbocycles. The molecule has 3 rings (SSSR count). The number of aromatic nitrogens is 1. The summed E-state index contributed by atoms with van der Waals surface area (Å²) in [5.74, 6) is 1.28. The van der Waals surface area contributed by atoms with E-state index in [-0.39, 0.29) is 0 Å². The number of ether oxygens (including phenoxy) is 1. The topological polar surface area (TPSA) is 45.9 Å². The quantitative estimate of drug-likeness (QED) is 0.693. The second-order valence-electron chi connectivity index (χ2n) is 4.52. The Balaban J connectivity index is 2.04. The van der Waals surface area contributed by atoms with Gasteiger partial charge in [-0.2, -0.15) is 5.26 Å². The minimum atomic E-state index is 0.533. The first kappa shape index (κ1) is 12.2. The lowest BCUT2D eigenvalue weighted by atomic mass is 10.1. The molecule has 1 aromatic heterocycles. The smallest absolute Gasteiger partial charge is 0.148 e. The molecule has 1 heterocycles. The van der Waals surface area contributed by atoms with Crippen LogP contribution in [0.25, 0.3) is 10.9 Å². The van der Waals surface area contributed by atoms with Crippen LogP contribution < -0.4 is 4.74 Å². The Morgan fingerprint density at radius 1 is 1.10 bits per heavy atom. The highest BCUT2D eigenvalue weighted by Crippen LogP contribution is 2.29. The van der Waals surface area contributed by atoms with Crippen LogP contribution >= 0.6 is 0 Å². The maximum absolute atomic E-state index is 9.15. The molecular weight excluding hydrogens is 248 g/mol. The van der Waals surface area contributed by atoms with Crippen LogP contribution in [0.1, 0.15) is 11.1 Å². The van der Waals surface area contributed by atoms with E-state index < -0.39 is 0 Å². The molecule has 0 spiro atoms. The van der Waals surface area contributed by atoms with Gasteiger partial charge in [0, 0.05) is 17.6 Å². The minimum Gasteiger partial charge on any atom is -0.456 e. The van der Waals surface area contributed by atoms with E-state index in [1.54, 1.807) is 12.3 Å². The van der Waals surface area contributed by atoms with Gasteiger partial charge in [-0.25, -0.2) is 0 Å². The van der Waals surface area contributed by atoms with Crippen LogP contribution in [0.5, 0.6) is 11.5 Å². The fraction of sp³-hybridized carbons (Fsp3) is 0.0588. The zero-order valence-electron chi connectivity index (χ0n) is 11.0. The van der Waals surface area contributed by atoms with Gasteiger partial charge in [0.15, 0.2) is 0 Å². The molecule has 0 bridgehead atoms. The number of hydrogen-bond donors (Lipinski definition) is 0. The van der Waals surface area contributed by atoms with E-state index in [2.05, 4.69) is 11.1 Å². The fourth-order valence-electron chi connectivity index (χ4n) is 2.10. The van der Waals surface area contributed by atoms with Crippen molar-refractivity contribution in [3.63, 3.8) is 0 Å². The van der Waals surface area contributed by atoms with Gasteiger partial charge in [-0.3, -0.25) is 4.98 Å². The van der Waals surface area contributed by atoms with Gasteiger partial charge in [0.25, 0.3) is 0 Å². The van der Waals surface area contributed by atoms with Gasteiger partial charge in [-0.15, -0.1) is 0 Å². The molecule has 0 aliphatic heterocycles. The highest BCUT2D eigenvalue weighted by atomic mass is 16.5. The Bertz CT molecular complexity index is 819. The first-order chi connectivity index (χ1) is 9.78. The number of pyridine rings is 1. The van der Waals surface area contributed by atoms with Crippen LogP contribution in [0.3, 0.4) is 0 Å². The van der Waals surface area contributed by atoms with Crippen molar-refractivity contribution < 1.29 is 4.74 Å². The third-order valence-electron chi connectivity index (χ3n) is 3.13. The van der Waals surface area contributed by atoms with Crippen molar-refractivity contribution in [1.82, 2.24) is 4.98 Å². The molecule has 0 saturated heterocycles. The van der Waals surface area contributed by atoms with Gasteiger partial charge >= 0.3 is 0 Å². The summed E-state index contributed by atoms with van der Waals surface area (Å²) in [7, 11) is 0. The summed E-state index contributed by atoms with van der Waals surface area (Å²) >= 11 is 0. The molecule has 3 aromatic rings. The minimum absolute atomic E-state index is 0.533. The maximum atomic E-state index is 9.15. The molecule has 0 aliphatic rings. The Morgan fingerprint density at radius 3 is 2.85 bits per heavy atom. The molecule has 0 radical (unpaired) electrons. The zero-order chi connectivity index (χ0) is 13.9. The number of aryl methyl sites for hydroxylation is 1. The first-order valence-electron chi connectivity index (χ1n) is 6.30. The maximum Gasteiger partial charge on any atom is 0.148 e. The zero-order valence-corrected chi connectivity index (χ0v) is 11.0. The van der Waals surface area contributed by atoms with E-state index in [1.807, 2.05) is 49.4 Å². The van der Waals surface area contributed by atoms with Gasteiger partial charge in [0.1, 0.15) is 17.6 Å². The van der Waals surface area contributed by atoms with E-state index in [4.69, 9.17) is 10.00 Å². The standard InChI is InChI=1S/C17H12N2O/c1-12-4-2-5-14(11-18)17(12)20-15-8-7-13-6-3-9-19-16(13)10-15/h2-10H,1H3. The van der Waals surface area contributed by atoms with Crippen LogP contribution in [0, 0.1) is 18.3 Å². The lowest BCUT2D eigenvalue weighted by Gasteiger charge is -2.10. The monoisotopic (exact) mass is 260 g/mol. The van der Waals surface area contributed by atoms with Gasteiger partial charge in [-0.05, 0) is 36.8 Å². The van der Waals surface area contributed by atoms with E-state index in [1.165, 1.54) is 0 Å². The molecule has 0 aliphatic carbocycles. The lowest BCUT2D eigenvalue weighted by molar-refractivity contribution is 0.478. The van der Waals surface area contributed by atoms with E-state index >= 15 is 0 Å². The molecule has 0 fully saturated rings. The van der Waals surface area contributed by atoms with Crippen LogP contribution in [0.4, 0.5) is 0 Å². The van der Waals surface area contributed by atoms with Crippen molar-refractivity contribution in [3.8, 4) is 17.6 Å². The Morgan fingerprint density at radius 2 is 2.00 bits per heavy atom. The largest absolute Gasteiger partial charge is 0.456 e. The summed E-state index contributed by atoms with van der Waals surface area (Å²) in [6.45, 7) is 1.93. The van der Waals surface area contributed by atoms with Crippen LogP contribution in [0.15, 0.2) is 54.7 Å². The number of para-hydroxylation sites is 1. The molecule has 0 atom stereocenters. The molecule has 0 N–H and O–H groups in total. The Kier molecular flexibility index (Phi) is 3.06. The second kappa shape index (κ2) is 5.02. The predicted octanol–water partition coefficient (Wildman–Crippen LogP) is 4.21. The lowest BCUT2D eigenvalue weighted by Crippen LogP contribution is -1.91. The van der Waals surface area contributed by atoms with Gasteiger partial charge in [0.05, 0.1) is 11.1 Å². The summed E-state index contributed by atoms with van der Waals surface area (Å²) in [6, 6.07) is 17.3. The van der Waals surface area contributed by atoms with E-state index in [0.717, 1.165) is 16.5 Å². The van der Waals surface area contributed by atoms with Crippen molar-refractivity contribution in [2.24, 2.45) is 0 Å². The molecule has 0 amide bonds. The predicted molar refractivity (Wildman–Crippen MR) is 77.7 cm³/mol. The average molecular weight is 260 g/mol. The summed E-state index contributed by atoms with van der Waals surface area (Å²) < 4.78 is 5.88. The fourth-order valence-corrected chi connectivity index (χ4v) is 2.10. The summed E-state index contributed by atoms with van der Waals surface area (Å²) in [6.07, 6.45) is 1.75. The van der Waals surface area contributed by atoms with Gasteiger partial charge in [0.2, 0.25) is 0 Å². The van der Waals surface area contributed by atoms with Crippen molar-refractivity contribution >= 4 is 10.9 Å². The SMILES string of the molecule is Cc1cccc(C#N)c1Oc1ccc2cccnc2c1. The third kappa shape index (κ3) is 2.19. The molecular formula is C17H12N2O. The summed E-state index contributed by atoms with van der Waals surface area (Å²) in [5.41, 5.74) is 2.34. The van der Waals surface area contributed by atoms with Crippen LogP contribution in [-0.2, 0) is 0 Å². The van der Waals surface area contributed by atoms with Gasteiger partial charge in [-0.1, -0.05) is 18.2 Å². The summed E-state index contributed by atoms with van der Waals surface area (Å²) in [4.78, 5) is 4.30. The summed E-state index contributed by atoms with van der Waals surface area (Å²) in [5, 5.41) is 10.2. The van der Waals surface area contributed by atoms with Gasteiger partial charge < -0.3 is 4.74 Å². The first-order valence-corrected chi connectivity index (χ1v) is 6.30. The van der Waals surface area contributed by atoms with Crippen molar-refractivity contribution in [2.45, 2.75) is 6.92 Å². The Labute approximate surface area is 117 Å². The molecule has 3 heteroatoms. The average Bonchev–Trinajstić information content (AvgIpc) is 2.49. The number of hydrogen-bond acceptors (Lipinski definition) is 3. The highest BCUT2D eigenvalue weighted by molar-refractivity contribution is 5.79. The number of fused-ring (bicyclic) bond motifs is 1. The highest BCUT2D eigenvalue weighted by Gasteiger charge is 2.08. The Hall–Kier alpha value is -2.86. The van der Waals surface area contributed by atoms with E-state index in [9.17, 15) is 0 Å². The van der Waals surface area contributed by atoms with Crippen LogP contribution in [-0.4, -0.2) is 4.98 Å². The number of benzene rings is 2. The number of nitriles is 1. The van der Waals surface area contributed by atoms with Crippen LogP contribution in [0.2, 0.25) is 0 Å².